The van der Waals surface area contributed by atoms with Gasteiger partial charge in [-0.2, -0.15) is 0 Å². The van der Waals surface area contributed by atoms with Crippen molar-refractivity contribution in [3.8, 4) is 39.4 Å². The number of aliphatic hydroxyl groups excluding tert-OH is 1. The normalized spacial score (nSPS) is 18.9. The average Bonchev–Trinajstić information content (AvgIpc) is 3.57. The summed E-state index contributed by atoms with van der Waals surface area (Å²) in [6.07, 6.45) is 3.20. The number of ether oxygens (including phenoxy) is 2. The van der Waals surface area contributed by atoms with E-state index in [1.54, 1.807) is 17.7 Å². The smallest absolute Gasteiger partial charge is 0.262 e. The molecule has 13 heteroatoms. The van der Waals surface area contributed by atoms with Crippen molar-refractivity contribution in [1.82, 2.24) is 30.3 Å². The van der Waals surface area contributed by atoms with Gasteiger partial charge in [0, 0.05) is 84.5 Å². The minimum absolute atomic E-state index is 0.0615. The Labute approximate surface area is 311 Å². The largest absolute Gasteiger partial charge is 0.481 e. The maximum absolute atomic E-state index is 13.5. The minimum Gasteiger partial charge on any atom is -0.481 e. The second-order valence-corrected chi connectivity index (χ2v) is 13.9. The second-order valence-electron chi connectivity index (χ2n) is 13.2. The highest BCUT2D eigenvalue weighted by Gasteiger charge is 2.24. The zero-order chi connectivity index (χ0) is 36.4. The number of amides is 1. The number of pyridine rings is 2. The number of rotatable bonds is 11. The van der Waals surface area contributed by atoms with E-state index in [-0.39, 0.29) is 23.6 Å². The number of carbonyl (C=O) groups is 1. The van der Waals surface area contributed by atoms with Gasteiger partial charge in [0.2, 0.25) is 11.8 Å². The molecule has 0 radical (unpaired) electrons. The highest BCUT2D eigenvalue weighted by Crippen LogP contribution is 2.42. The Balaban J connectivity index is 1.13. The summed E-state index contributed by atoms with van der Waals surface area (Å²) in [5.74, 6) is 0.529. The number of methoxy groups -OCH3 is 1. The Bertz CT molecular complexity index is 2190. The fraction of sp³-hybridized carbons (Fsp3) is 0.333. The van der Waals surface area contributed by atoms with E-state index in [9.17, 15) is 14.7 Å². The van der Waals surface area contributed by atoms with Crippen LogP contribution >= 0.6 is 23.2 Å². The van der Waals surface area contributed by atoms with Crippen molar-refractivity contribution >= 4 is 34.8 Å². The van der Waals surface area contributed by atoms with Crippen LogP contribution in [0.1, 0.15) is 36.1 Å². The van der Waals surface area contributed by atoms with Gasteiger partial charge in [-0.3, -0.25) is 14.0 Å². The molecule has 270 valence electrons. The summed E-state index contributed by atoms with van der Waals surface area (Å²) >= 11 is 14.2. The number of nitrogens with zero attached hydrogens (tertiary/aromatic N) is 3. The van der Waals surface area contributed by atoms with E-state index in [1.807, 2.05) is 67.6 Å². The van der Waals surface area contributed by atoms with Crippen molar-refractivity contribution in [3.05, 3.63) is 104 Å². The molecule has 0 aliphatic carbocycles. The summed E-state index contributed by atoms with van der Waals surface area (Å²) in [6, 6.07) is 19.1. The molecule has 3 atom stereocenters. The predicted octanol–water partition coefficient (Wildman–Crippen LogP) is 5.32. The van der Waals surface area contributed by atoms with Crippen LogP contribution in [0.2, 0.25) is 10.0 Å². The van der Waals surface area contributed by atoms with E-state index < -0.39 is 6.10 Å². The number of carbonyl (C=O) groups excluding carboxylic acids is 1. The Morgan fingerprint density at radius 2 is 1.73 bits per heavy atom. The van der Waals surface area contributed by atoms with Crippen molar-refractivity contribution in [3.63, 3.8) is 0 Å². The topological polar surface area (TPSA) is 139 Å². The van der Waals surface area contributed by atoms with Gasteiger partial charge >= 0.3 is 0 Å². The van der Waals surface area contributed by atoms with Crippen LogP contribution < -0.4 is 26.2 Å². The maximum Gasteiger partial charge on any atom is 0.262 e. The lowest BCUT2D eigenvalue weighted by Crippen LogP contribution is -2.46. The van der Waals surface area contributed by atoms with Crippen molar-refractivity contribution in [1.29, 1.82) is 0 Å². The highest BCUT2D eigenvalue weighted by atomic mass is 35.5. The summed E-state index contributed by atoms with van der Waals surface area (Å²) in [5, 5.41) is 20.9. The molecule has 2 fully saturated rings. The van der Waals surface area contributed by atoms with E-state index in [0.717, 1.165) is 46.2 Å². The molecular formula is C39H40Cl2N6O5. The van der Waals surface area contributed by atoms with Gasteiger partial charge in [0.05, 0.1) is 41.1 Å². The molecule has 5 aromatic rings. The molecule has 2 aliphatic rings. The molecule has 7 rings (SSSR count). The number of aryl methyl sites for hydroxylation is 1. The monoisotopic (exact) mass is 742 g/mol. The van der Waals surface area contributed by atoms with E-state index >= 15 is 0 Å². The molecule has 1 amide bonds. The zero-order valence-corrected chi connectivity index (χ0v) is 30.4. The molecule has 2 aliphatic heterocycles. The van der Waals surface area contributed by atoms with Crippen LogP contribution in [0.3, 0.4) is 0 Å². The van der Waals surface area contributed by atoms with Gasteiger partial charge in [-0.05, 0) is 43.5 Å². The summed E-state index contributed by atoms with van der Waals surface area (Å²) < 4.78 is 12.5. The number of aliphatic hydroxyl groups is 1. The van der Waals surface area contributed by atoms with Gasteiger partial charge in [-0.25, -0.2) is 9.97 Å². The van der Waals surface area contributed by atoms with Gasteiger partial charge in [0.25, 0.3) is 5.56 Å². The number of benzene rings is 2. The molecule has 2 saturated heterocycles. The third-order valence-corrected chi connectivity index (χ3v) is 10.6. The number of hydrogen-bond donors (Lipinski definition) is 4. The molecule has 5 heterocycles. The quantitative estimate of drug-likeness (QED) is 0.142. The van der Waals surface area contributed by atoms with Gasteiger partial charge < -0.3 is 30.5 Å². The summed E-state index contributed by atoms with van der Waals surface area (Å²) in [5.41, 5.74) is 6.87. The molecule has 52 heavy (non-hydrogen) atoms. The summed E-state index contributed by atoms with van der Waals surface area (Å²) in [7, 11) is 1.58. The lowest BCUT2D eigenvalue weighted by atomic mass is 9.97. The minimum atomic E-state index is -0.563. The summed E-state index contributed by atoms with van der Waals surface area (Å²) in [4.78, 5) is 34.6. The van der Waals surface area contributed by atoms with Crippen molar-refractivity contribution in [2.24, 2.45) is 0 Å². The fourth-order valence-electron chi connectivity index (χ4n) is 6.89. The van der Waals surface area contributed by atoms with Gasteiger partial charge in [-0.15, -0.1) is 0 Å². The molecule has 4 N–H and O–H groups in total. The van der Waals surface area contributed by atoms with Gasteiger partial charge in [-0.1, -0.05) is 65.7 Å². The Morgan fingerprint density at radius 1 is 0.981 bits per heavy atom. The highest BCUT2D eigenvalue weighted by molar-refractivity contribution is 6.39. The molecule has 0 saturated carbocycles. The van der Waals surface area contributed by atoms with Crippen molar-refractivity contribution < 1.29 is 19.4 Å². The lowest BCUT2D eigenvalue weighted by molar-refractivity contribution is -0.119. The molecule has 0 spiro atoms. The third kappa shape index (κ3) is 7.43. The lowest BCUT2D eigenvalue weighted by Gasteiger charge is -2.28. The number of fused-ring (bicyclic) bond motifs is 1. The van der Waals surface area contributed by atoms with Crippen LogP contribution in [0.4, 0.5) is 0 Å². The number of hydrogen-bond acceptors (Lipinski definition) is 9. The Hall–Kier alpha value is -4.36. The van der Waals surface area contributed by atoms with Crippen LogP contribution in [-0.2, 0) is 22.6 Å². The first kappa shape index (κ1) is 36.0. The van der Waals surface area contributed by atoms with E-state index in [1.165, 1.54) is 0 Å². The summed E-state index contributed by atoms with van der Waals surface area (Å²) in [6.45, 7) is 4.18. The molecule has 0 bridgehead atoms. The SMILES string of the molecule is COc1nc(-c2cccc(-c3cccc(-c4ccn5c(=O)c(CNC[C@@H]6CCC(=O)N6)c(C)nc5c4)c3Cl)c2Cl)ccc1CN[C@@H]1CCOC[C@@H]1O. The van der Waals surface area contributed by atoms with Crippen LogP contribution in [0, 0.1) is 6.92 Å². The molecule has 3 aromatic heterocycles. The van der Waals surface area contributed by atoms with E-state index in [0.29, 0.717) is 77.8 Å². The van der Waals surface area contributed by atoms with Gasteiger partial charge in [0.1, 0.15) is 5.65 Å². The number of nitrogens with one attached hydrogen (secondary N) is 3. The number of halogens is 2. The molecule has 2 aromatic carbocycles. The van der Waals surface area contributed by atoms with Crippen molar-refractivity contribution in [2.75, 3.05) is 26.9 Å². The zero-order valence-electron chi connectivity index (χ0n) is 28.9. The second kappa shape index (κ2) is 15.7. The molecular weight excluding hydrogens is 703 g/mol. The third-order valence-electron chi connectivity index (χ3n) is 9.80. The fourth-order valence-corrected chi connectivity index (χ4v) is 7.55. The Morgan fingerprint density at radius 3 is 2.46 bits per heavy atom. The number of aromatic nitrogens is 3. The molecule has 11 nitrogen and oxygen atoms in total. The standard InChI is InChI=1S/C39H40Cl2N6O5/c1-22-30(20-42-19-25-10-12-35(49)45-25)39(50)47-15-13-23(17-34(47)44-22)26-5-3-6-27(36(26)40)28-7-4-8-29(37(28)41)31-11-9-24(38(46-31)51-2)18-43-32-14-16-52-21-33(32)48/h3-9,11,13,15,17,25,32-33,42-43,48H,10,12,14,16,18-21H2,1-2H3,(H,45,49)/t25-,32+,33-/m0/s1. The maximum atomic E-state index is 13.5. The van der Waals surface area contributed by atoms with E-state index in [4.69, 9.17) is 42.6 Å². The first-order chi connectivity index (χ1) is 25.2. The van der Waals surface area contributed by atoms with E-state index in [2.05, 4.69) is 16.0 Å². The molecule has 0 unspecified atom stereocenters. The predicted molar refractivity (Wildman–Crippen MR) is 202 cm³/mol. The van der Waals surface area contributed by atoms with Crippen LogP contribution in [0.25, 0.3) is 39.2 Å². The van der Waals surface area contributed by atoms with Crippen LogP contribution in [0.5, 0.6) is 5.88 Å². The van der Waals surface area contributed by atoms with Crippen molar-refractivity contribution in [2.45, 2.75) is 57.5 Å². The first-order valence-electron chi connectivity index (χ1n) is 17.3. The van der Waals surface area contributed by atoms with Crippen LogP contribution in [0.15, 0.2) is 71.7 Å². The van der Waals surface area contributed by atoms with Gasteiger partial charge in [0.15, 0.2) is 0 Å². The first-order valence-corrected chi connectivity index (χ1v) is 18.1. The Kier molecular flexibility index (Phi) is 10.9. The average molecular weight is 744 g/mol. The van der Waals surface area contributed by atoms with Crippen LogP contribution in [-0.4, -0.2) is 70.4 Å².